The van der Waals surface area contributed by atoms with E-state index in [1.807, 2.05) is 0 Å². The zero-order valence-electron chi connectivity index (χ0n) is 3.64. The van der Waals surface area contributed by atoms with Crippen molar-refractivity contribution in [3.05, 3.63) is 0 Å². The summed E-state index contributed by atoms with van der Waals surface area (Å²) in [7, 11) is 1.05. The second-order valence-corrected chi connectivity index (χ2v) is 15.9. The quantitative estimate of drug-likeness (QED) is 0.431. The van der Waals surface area contributed by atoms with Gasteiger partial charge in [-0.25, -0.2) is 0 Å². The highest BCUT2D eigenvalue weighted by atomic mass is 32.4. The molecule has 0 bridgehead atoms. The summed E-state index contributed by atoms with van der Waals surface area (Å²) in [4.78, 5) is 0. The first-order valence-corrected chi connectivity index (χ1v) is 11.9. The molecule has 0 aromatic rings. The molecule has 0 amide bonds. The minimum Gasteiger partial charge on any atom is -0.195 e. The number of hydrogen-bond donors (Lipinski definition) is 0. The highest BCUT2D eigenvalue weighted by Gasteiger charge is 1.97. The predicted molar refractivity (Wildman–Crippen MR) is 42.0 cm³/mol. The fourth-order valence-electron chi connectivity index (χ4n) is 0.440. The molecular weight excluding hydrogens is 144 g/mol. The predicted octanol–water partition coefficient (Wildman–Crippen LogP) is -0.451. The molecule has 0 aromatic carbocycles. The zero-order chi connectivity index (χ0) is 4.24. The van der Waals surface area contributed by atoms with Gasteiger partial charge in [0.15, 0.2) is 0 Å². The number of rotatable bonds is 0. The van der Waals surface area contributed by atoms with E-state index in [4.69, 9.17) is 0 Å². The van der Waals surface area contributed by atoms with Crippen molar-refractivity contribution < 1.29 is 0 Å². The smallest absolute Gasteiger partial charge is 0.0838 e. The first-order valence-electron chi connectivity index (χ1n) is 2.15. The SMILES string of the molecule is C1CS[SiH2][SiH2]S1. The fourth-order valence-corrected chi connectivity index (χ4v) is 18.2. The van der Waals surface area contributed by atoms with Crippen molar-refractivity contribution in [2.24, 2.45) is 0 Å². The van der Waals surface area contributed by atoms with Crippen LogP contribution in [0.15, 0.2) is 0 Å². The van der Waals surface area contributed by atoms with E-state index in [2.05, 4.69) is 22.4 Å². The molecule has 1 aliphatic heterocycles. The third-order valence-corrected chi connectivity index (χ3v) is 17.9. The van der Waals surface area contributed by atoms with Crippen molar-refractivity contribution in [3.63, 3.8) is 0 Å². The summed E-state index contributed by atoms with van der Waals surface area (Å²) in [5.74, 6) is 2.95. The van der Waals surface area contributed by atoms with Gasteiger partial charge in [0.1, 0.15) is 0 Å². The van der Waals surface area contributed by atoms with Crippen LogP contribution in [0.3, 0.4) is 0 Å². The van der Waals surface area contributed by atoms with Gasteiger partial charge >= 0.3 is 0 Å². The molecular formula is C2H8S2Si2. The van der Waals surface area contributed by atoms with Gasteiger partial charge in [-0.1, -0.05) is 0 Å². The third-order valence-electron chi connectivity index (χ3n) is 0.744. The van der Waals surface area contributed by atoms with Crippen LogP contribution in [0.25, 0.3) is 0 Å². The van der Waals surface area contributed by atoms with Crippen LogP contribution in [0.5, 0.6) is 0 Å². The molecule has 1 fully saturated rings. The Kier molecular flexibility index (Phi) is 2.79. The Balaban J connectivity index is 2.00. The highest BCUT2D eigenvalue weighted by molar-refractivity contribution is 8.41. The monoisotopic (exact) mass is 152 g/mol. The van der Waals surface area contributed by atoms with Gasteiger partial charge in [0, 0.05) is 0 Å². The molecule has 0 aliphatic carbocycles. The maximum Gasteiger partial charge on any atom is 0.0838 e. The molecule has 6 heavy (non-hydrogen) atoms. The minimum absolute atomic E-state index is 0.527. The molecule has 0 saturated carbocycles. The maximum absolute atomic E-state index is 2.27. The zero-order valence-corrected chi connectivity index (χ0v) is 8.11. The Morgan fingerprint density at radius 3 is 1.67 bits per heavy atom. The Bertz CT molecular complexity index is 25.0. The Labute approximate surface area is 50.6 Å². The third kappa shape index (κ3) is 1.72. The van der Waals surface area contributed by atoms with Crippen molar-refractivity contribution in [2.75, 3.05) is 11.5 Å². The molecule has 36 valence electrons. The second kappa shape index (κ2) is 3.18. The van der Waals surface area contributed by atoms with Gasteiger partial charge in [-0.2, -0.15) is 22.4 Å². The summed E-state index contributed by atoms with van der Waals surface area (Å²) in [5.41, 5.74) is 0. The Morgan fingerprint density at radius 1 is 1.00 bits per heavy atom. The minimum atomic E-state index is 0.527. The van der Waals surface area contributed by atoms with E-state index in [9.17, 15) is 0 Å². The van der Waals surface area contributed by atoms with E-state index in [-0.39, 0.29) is 0 Å². The van der Waals surface area contributed by atoms with Crippen molar-refractivity contribution in [2.45, 2.75) is 0 Å². The molecule has 1 aliphatic rings. The average molecular weight is 152 g/mol. The molecule has 0 radical (unpaired) electrons. The van der Waals surface area contributed by atoms with Gasteiger partial charge in [0.2, 0.25) is 0 Å². The molecule has 1 saturated heterocycles. The summed E-state index contributed by atoms with van der Waals surface area (Å²) < 4.78 is 0. The average Bonchev–Trinajstić information content (AvgIpc) is 1.72. The van der Waals surface area contributed by atoms with Crippen LogP contribution < -0.4 is 0 Å². The summed E-state index contributed by atoms with van der Waals surface area (Å²) >= 11 is 4.55. The largest absolute Gasteiger partial charge is 0.195 e. The van der Waals surface area contributed by atoms with Gasteiger partial charge in [-0.15, -0.1) is 0 Å². The van der Waals surface area contributed by atoms with Gasteiger partial charge in [0.05, 0.1) is 16.4 Å². The van der Waals surface area contributed by atoms with Crippen LogP contribution in [-0.2, 0) is 0 Å². The van der Waals surface area contributed by atoms with E-state index < -0.39 is 0 Å². The van der Waals surface area contributed by atoms with Crippen LogP contribution in [0.1, 0.15) is 0 Å². The lowest BCUT2D eigenvalue weighted by molar-refractivity contribution is 1.58. The molecule has 4 heteroatoms. The van der Waals surface area contributed by atoms with Crippen LogP contribution in [0, 0.1) is 0 Å². The van der Waals surface area contributed by atoms with E-state index in [1.165, 1.54) is 11.5 Å². The van der Waals surface area contributed by atoms with Crippen molar-refractivity contribution in [3.8, 4) is 0 Å². The van der Waals surface area contributed by atoms with Crippen LogP contribution in [0.4, 0.5) is 0 Å². The molecule has 0 aromatic heterocycles. The lowest BCUT2D eigenvalue weighted by Gasteiger charge is -2.04. The normalized spacial score (nSPS) is 32.0. The van der Waals surface area contributed by atoms with E-state index in [1.54, 1.807) is 0 Å². The molecule has 0 N–H and O–H groups in total. The van der Waals surface area contributed by atoms with Crippen molar-refractivity contribution in [1.82, 2.24) is 0 Å². The standard InChI is InChI=1S/C2H8S2Si2/c1-2-4-6-5-3-1/h1-2,5-6H2. The van der Waals surface area contributed by atoms with Gasteiger partial charge in [0.25, 0.3) is 0 Å². The number of hydrogen-bond acceptors (Lipinski definition) is 2. The van der Waals surface area contributed by atoms with Crippen LogP contribution in [-0.4, -0.2) is 27.9 Å². The molecule has 0 nitrogen and oxygen atoms in total. The topological polar surface area (TPSA) is 0 Å². The summed E-state index contributed by atoms with van der Waals surface area (Å²) in [5, 5.41) is 0. The van der Waals surface area contributed by atoms with E-state index in [0.29, 0.717) is 16.4 Å². The van der Waals surface area contributed by atoms with Crippen LogP contribution >= 0.6 is 22.4 Å². The molecule has 0 unspecified atom stereocenters. The van der Waals surface area contributed by atoms with Gasteiger partial charge in [-0.05, 0) is 11.5 Å². The van der Waals surface area contributed by atoms with Crippen molar-refractivity contribution in [1.29, 1.82) is 0 Å². The van der Waals surface area contributed by atoms with Gasteiger partial charge < -0.3 is 0 Å². The summed E-state index contributed by atoms with van der Waals surface area (Å²) in [6, 6.07) is 0. The molecule has 1 rings (SSSR count). The first kappa shape index (κ1) is 5.27. The molecule has 1 heterocycles. The van der Waals surface area contributed by atoms with Crippen LogP contribution in [0.2, 0.25) is 0 Å². The van der Waals surface area contributed by atoms with E-state index >= 15 is 0 Å². The molecule has 0 spiro atoms. The first-order chi connectivity index (χ1) is 3.00. The molecule has 0 atom stereocenters. The fraction of sp³-hybridized carbons (Fsp3) is 1.00. The highest BCUT2D eigenvalue weighted by Crippen LogP contribution is 2.10. The van der Waals surface area contributed by atoms with Gasteiger partial charge in [-0.3, -0.25) is 0 Å². The lowest BCUT2D eigenvalue weighted by atomic mass is 11.0. The summed E-state index contributed by atoms with van der Waals surface area (Å²) in [6.45, 7) is 0. The lowest BCUT2D eigenvalue weighted by Crippen LogP contribution is -2.04. The van der Waals surface area contributed by atoms with Crippen molar-refractivity contribution >= 4 is 38.8 Å². The maximum atomic E-state index is 2.27. The summed E-state index contributed by atoms with van der Waals surface area (Å²) in [6.07, 6.45) is 0. The Hall–Kier alpha value is 1.13. The van der Waals surface area contributed by atoms with E-state index in [0.717, 1.165) is 0 Å². The Morgan fingerprint density at radius 2 is 1.50 bits per heavy atom. The second-order valence-electron chi connectivity index (χ2n) is 1.22.